The average Bonchev–Trinajstić information content (AvgIpc) is 2.33. The summed E-state index contributed by atoms with van der Waals surface area (Å²) < 4.78 is 21.7. The Labute approximate surface area is 106 Å². The molecule has 1 amide bonds. The van der Waals surface area contributed by atoms with Gasteiger partial charge in [-0.15, -0.1) is 0 Å². The first-order valence-corrected chi connectivity index (χ1v) is 7.37. The van der Waals surface area contributed by atoms with E-state index in [0.29, 0.717) is 18.7 Å². The molecule has 0 aliphatic rings. The predicted octanol–water partition coefficient (Wildman–Crippen LogP) is -0.468. The highest BCUT2D eigenvalue weighted by molar-refractivity contribution is 7.90. The van der Waals surface area contributed by atoms with Crippen LogP contribution in [0, 0.1) is 0 Å². The third kappa shape index (κ3) is 5.11. The first-order valence-electron chi connectivity index (χ1n) is 5.31. The summed E-state index contributed by atoms with van der Waals surface area (Å²) in [6.45, 7) is 0.296. The van der Waals surface area contributed by atoms with Gasteiger partial charge in [0, 0.05) is 12.8 Å². The highest BCUT2D eigenvalue weighted by Crippen LogP contribution is 2.03. The molecule has 1 rings (SSSR count). The number of rotatable bonds is 6. The number of nitrogens with zero attached hydrogens (tertiary/aromatic N) is 1. The number of carbonyl (C=O) groups is 1. The molecule has 0 fully saturated rings. The van der Waals surface area contributed by atoms with Crippen LogP contribution < -0.4 is 16.6 Å². The van der Waals surface area contributed by atoms with Gasteiger partial charge in [-0.3, -0.25) is 10.6 Å². The van der Waals surface area contributed by atoms with E-state index in [9.17, 15) is 13.2 Å². The molecule has 0 atom stereocenters. The van der Waals surface area contributed by atoms with Gasteiger partial charge < -0.3 is 10.7 Å². The molecule has 0 aromatic carbocycles. The lowest BCUT2D eigenvalue weighted by molar-refractivity contribution is 0.0949. The number of nitrogens with two attached hydrogens (primary N) is 1. The number of nitrogen functional groups attached to an aromatic ring is 1. The average molecular weight is 272 g/mol. The molecule has 1 heterocycles. The Morgan fingerprint density at radius 1 is 1.44 bits per heavy atom. The summed E-state index contributed by atoms with van der Waals surface area (Å²) >= 11 is 0. The summed E-state index contributed by atoms with van der Waals surface area (Å²) in [5, 5.41) is 2.59. The monoisotopic (exact) mass is 272 g/mol. The SMILES string of the molecule is CS(=O)(=O)CCCNC(=O)c1ccc(NN)cn1. The number of hydrazine groups is 1. The molecule has 8 heteroatoms. The van der Waals surface area contributed by atoms with Gasteiger partial charge in [-0.05, 0) is 18.6 Å². The number of amides is 1. The summed E-state index contributed by atoms with van der Waals surface area (Å²) in [6, 6.07) is 3.15. The van der Waals surface area contributed by atoms with E-state index in [1.807, 2.05) is 0 Å². The number of sulfone groups is 1. The summed E-state index contributed by atoms with van der Waals surface area (Å²) in [4.78, 5) is 15.5. The van der Waals surface area contributed by atoms with Crippen molar-refractivity contribution in [2.24, 2.45) is 5.84 Å². The maximum atomic E-state index is 11.6. The van der Waals surface area contributed by atoms with Crippen LogP contribution in [0.2, 0.25) is 0 Å². The minimum absolute atomic E-state index is 0.0523. The fraction of sp³-hybridized carbons (Fsp3) is 0.400. The number of nitrogens with one attached hydrogen (secondary N) is 2. The first-order chi connectivity index (χ1) is 8.42. The Hall–Kier alpha value is -1.67. The van der Waals surface area contributed by atoms with E-state index in [4.69, 9.17) is 5.84 Å². The first kappa shape index (κ1) is 14.4. The lowest BCUT2D eigenvalue weighted by Crippen LogP contribution is -2.26. The van der Waals surface area contributed by atoms with Crippen molar-refractivity contribution in [1.29, 1.82) is 0 Å². The fourth-order valence-electron chi connectivity index (χ4n) is 1.24. The Morgan fingerprint density at radius 2 is 2.17 bits per heavy atom. The smallest absolute Gasteiger partial charge is 0.269 e. The number of hydrogen-bond acceptors (Lipinski definition) is 6. The van der Waals surface area contributed by atoms with E-state index >= 15 is 0 Å². The van der Waals surface area contributed by atoms with Crippen LogP contribution in [0.15, 0.2) is 18.3 Å². The highest BCUT2D eigenvalue weighted by Gasteiger charge is 2.07. The predicted molar refractivity (Wildman–Crippen MR) is 68.7 cm³/mol. The van der Waals surface area contributed by atoms with Crippen LogP contribution in [-0.2, 0) is 9.84 Å². The third-order valence-electron chi connectivity index (χ3n) is 2.14. The van der Waals surface area contributed by atoms with Gasteiger partial charge in [0.25, 0.3) is 5.91 Å². The second kappa shape index (κ2) is 6.31. The van der Waals surface area contributed by atoms with Crippen LogP contribution in [0.25, 0.3) is 0 Å². The molecular weight excluding hydrogens is 256 g/mol. The van der Waals surface area contributed by atoms with Crippen molar-refractivity contribution in [2.45, 2.75) is 6.42 Å². The lowest BCUT2D eigenvalue weighted by Gasteiger charge is -2.05. The summed E-state index contributed by atoms with van der Waals surface area (Å²) in [5.41, 5.74) is 3.26. The van der Waals surface area contributed by atoms with Gasteiger partial charge in [0.1, 0.15) is 15.5 Å². The van der Waals surface area contributed by atoms with E-state index in [1.54, 1.807) is 6.07 Å². The molecule has 7 nitrogen and oxygen atoms in total. The van der Waals surface area contributed by atoms with Crippen molar-refractivity contribution >= 4 is 21.4 Å². The normalized spacial score (nSPS) is 11.0. The molecule has 4 N–H and O–H groups in total. The zero-order valence-corrected chi connectivity index (χ0v) is 10.8. The maximum absolute atomic E-state index is 11.6. The van der Waals surface area contributed by atoms with Crippen molar-refractivity contribution in [2.75, 3.05) is 24.0 Å². The van der Waals surface area contributed by atoms with Crippen LogP contribution in [0.5, 0.6) is 0 Å². The van der Waals surface area contributed by atoms with Crippen molar-refractivity contribution in [3.8, 4) is 0 Å². The maximum Gasteiger partial charge on any atom is 0.269 e. The molecule has 0 saturated heterocycles. The molecule has 0 aliphatic carbocycles. The summed E-state index contributed by atoms with van der Waals surface area (Å²) in [5.74, 6) is 4.88. The molecule has 0 aliphatic heterocycles. The molecule has 0 unspecified atom stereocenters. The number of pyridine rings is 1. The second-order valence-electron chi connectivity index (χ2n) is 3.82. The molecule has 0 radical (unpaired) electrons. The van der Waals surface area contributed by atoms with Crippen LogP contribution in [0.3, 0.4) is 0 Å². The Morgan fingerprint density at radius 3 is 2.67 bits per heavy atom. The largest absolute Gasteiger partial charge is 0.351 e. The Kier molecular flexibility index (Phi) is 5.05. The van der Waals surface area contributed by atoms with Gasteiger partial charge in [0.05, 0.1) is 17.6 Å². The van der Waals surface area contributed by atoms with Gasteiger partial charge in [0.15, 0.2) is 0 Å². The zero-order valence-electron chi connectivity index (χ0n) is 10.0. The number of aromatic nitrogens is 1. The molecule has 0 saturated carbocycles. The van der Waals surface area contributed by atoms with Crippen molar-refractivity contribution < 1.29 is 13.2 Å². The van der Waals surface area contributed by atoms with E-state index in [0.717, 1.165) is 6.26 Å². The minimum atomic E-state index is -2.98. The molecule has 1 aromatic rings. The minimum Gasteiger partial charge on any atom is -0.351 e. The van der Waals surface area contributed by atoms with Crippen LogP contribution >= 0.6 is 0 Å². The molecule has 100 valence electrons. The molecule has 18 heavy (non-hydrogen) atoms. The van der Waals surface area contributed by atoms with Gasteiger partial charge in [-0.25, -0.2) is 13.4 Å². The van der Waals surface area contributed by atoms with E-state index < -0.39 is 9.84 Å². The van der Waals surface area contributed by atoms with Gasteiger partial charge >= 0.3 is 0 Å². The van der Waals surface area contributed by atoms with Crippen LogP contribution in [0.1, 0.15) is 16.9 Å². The van der Waals surface area contributed by atoms with Gasteiger partial charge in [-0.1, -0.05) is 0 Å². The zero-order chi connectivity index (χ0) is 13.6. The van der Waals surface area contributed by atoms with Crippen LogP contribution in [-0.4, -0.2) is 37.9 Å². The van der Waals surface area contributed by atoms with Crippen molar-refractivity contribution in [3.05, 3.63) is 24.0 Å². The quantitative estimate of drug-likeness (QED) is 0.366. The summed E-state index contributed by atoms with van der Waals surface area (Å²) in [6.07, 6.45) is 2.98. The van der Waals surface area contributed by atoms with Crippen molar-refractivity contribution in [3.63, 3.8) is 0 Å². The summed E-state index contributed by atoms with van der Waals surface area (Å²) in [7, 11) is -2.98. The highest BCUT2D eigenvalue weighted by atomic mass is 32.2. The number of anilines is 1. The lowest BCUT2D eigenvalue weighted by atomic mass is 10.3. The molecular formula is C10H16N4O3S. The number of hydrogen-bond donors (Lipinski definition) is 3. The Bertz CT molecular complexity index is 498. The van der Waals surface area contributed by atoms with Gasteiger partial charge in [-0.2, -0.15) is 0 Å². The van der Waals surface area contributed by atoms with E-state index in [1.165, 1.54) is 12.3 Å². The third-order valence-corrected chi connectivity index (χ3v) is 3.17. The van der Waals surface area contributed by atoms with Gasteiger partial charge in [0.2, 0.25) is 0 Å². The molecule has 1 aromatic heterocycles. The number of carbonyl (C=O) groups excluding carboxylic acids is 1. The Balaban J connectivity index is 2.40. The van der Waals surface area contributed by atoms with E-state index in [2.05, 4.69) is 15.7 Å². The van der Waals surface area contributed by atoms with Crippen molar-refractivity contribution in [1.82, 2.24) is 10.3 Å². The fourth-order valence-corrected chi connectivity index (χ4v) is 1.91. The molecule has 0 bridgehead atoms. The topological polar surface area (TPSA) is 114 Å². The van der Waals surface area contributed by atoms with Crippen LogP contribution in [0.4, 0.5) is 5.69 Å². The second-order valence-corrected chi connectivity index (χ2v) is 6.08. The van der Waals surface area contributed by atoms with E-state index in [-0.39, 0.29) is 17.4 Å². The molecule has 0 spiro atoms. The standard InChI is InChI=1S/C10H16N4O3S/c1-18(16,17)6-2-5-12-10(15)9-4-3-8(14-11)7-13-9/h3-4,7,14H,2,5-6,11H2,1H3,(H,12,15).